The zero-order valence-corrected chi connectivity index (χ0v) is 68.6. The molecule has 0 saturated carbocycles. The van der Waals surface area contributed by atoms with E-state index in [-0.39, 0.29) is 64.4 Å². The lowest BCUT2D eigenvalue weighted by molar-refractivity contribution is -0.402. The number of esters is 2. The predicted molar refractivity (Wildman–Crippen MR) is 478 cm³/mol. The van der Waals surface area contributed by atoms with Gasteiger partial charge >= 0.3 is 11.9 Å². The smallest absolute Gasteiger partial charge is 0.337 e. The number of ether oxygens (including phenoxy) is 2. The van der Waals surface area contributed by atoms with Gasteiger partial charge in [0.25, 0.3) is 0 Å². The quantitative estimate of drug-likeness (QED) is 0.0207. The first-order valence-electron chi connectivity index (χ1n) is 40.0. The molecule has 0 spiro atoms. The molecule has 598 valence electrons. The molecule has 15 nitrogen and oxygen atoms in total. The molecule has 13 aromatic rings. The van der Waals surface area contributed by atoms with E-state index in [1.54, 1.807) is 42.5 Å². The fourth-order valence-corrected chi connectivity index (χ4v) is 14.5. The Hall–Kier alpha value is -14.6. The van der Waals surface area contributed by atoms with Crippen LogP contribution >= 0.6 is 0 Å². The van der Waals surface area contributed by atoms with Crippen LogP contribution in [0.5, 0.6) is 11.5 Å². The van der Waals surface area contributed by atoms with E-state index in [0.717, 1.165) is 103 Å². The maximum Gasteiger partial charge on any atom is 0.337 e. The molecule has 17 rings (SSSR count). The molecule has 0 atom stereocenters. The van der Waals surface area contributed by atoms with Crippen molar-refractivity contribution in [1.29, 1.82) is 0 Å². The Bertz CT molecular complexity index is 6390. The van der Waals surface area contributed by atoms with Crippen LogP contribution in [0.15, 0.2) is 312 Å². The van der Waals surface area contributed by atoms with Gasteiger partial charge in [-0.2, -0.15) is 10.2 Å². The average Bonchev–Trinajstić information content (AvgIpc) is 0.936. The van der Waals surface area contributed by atoms with Crippen LogP contribution in [0.2, 0.25) is 0 Å². The molecule has 0 bridgehead atoms. The van der Waals surface area contributed by atoms with Crippen molar-refractivity contribution in [3.8, 4) is 33.9 Å². The first-order chi connectivity index (χ1) is 57.8. The van der Waals surface area contributed by atoms with Gasteiger partial charge in [0.1, 0.15) is 34.3 Å². The summed E-state index contributed by atoms with van der Waals surface area (Å²) in [5.41, 5.74) is 22.4. The average molecular weight is 1580 g/mol. The summed E-state index contributed by atoms with van der Waals surface area (Å²) >= 11 is 0. The number of hydrogen-bond acceptors (Lipinski definition) is 14. The lowest BCUT2D eigenvalue weighted by Crippen LogP contribution is -2.70. The SMILES string of the molecule is CCCC(=O)Oc1ccc(N=Nc2ccc(C)cc2)cc1.CCc1ccc(-c2c3ccc(=[NH+]c4ccccc4)cc-3oc3cc(Nc4ccccc4)ccc23)cc1.CCc1ccc(Cc2ccc(Cc3ccc(C)cc3)c3c2C(=O)c2ccccc2C3=O)cc1.COC(=O)c1ccc2c(c1)C(O)=C(c1nc3ccc(C(C)C)cc3cc1O)C2=O.[CH3-]. The highest BCUT2D eigenvalue weighted by Crippen LogP contribution is 2.44. The van der Waals surface area contributed by atoms with Crippen molar-refractivity contribution in [1.82, 2.24) is 4.98 Å². The maximum atomic E-state index is 13.7. The maximum absolute atomic E-state index is 13.7. The summed E-state index contributed by atoms with van der Waals surface area (Å²) in [7, 11) is 1.25. The summed E-state index contributed by atoms with van der Waals surface area (Å²) in [6, 6.07) is 96.5. The van der Waals surface area contributed by atoms with Crippen molar-refractivity contribution in [2.45, 2.75) is 92.9 Å². The van der Waals surface area contributed by atoms with E-state index in [1.165, 1.54) is 58.7 Å². The first-order valence-corrected chi connectivity index (χ1v) is 40.0. The molecule has 0 radical (unpaired) electrons. The number of rotatable bonds is 18. The Morgan fingerprint density at radius 3 is 1.66 bits per heavy atom. The molecule has 0 saturated heterocycles. The molecule has 4 N–H and O–H groups in total. The molecule has 0 unspecified atom stereocenters. The fourth-order valence-electron chi connectivity index (χ4n) is 14.5. The second kappa shape index (κ2) is 38.0. The lowest BCUT2D eigenvalue weighted by atomic mass is 9.77. The number of carbonyl (C=O) groups excluding carboxylic acids is 5. The van der Waals surface area contributed by atoms with Gasteiger partial charge < -0.3 is 36.8 Å². The van der Waals surface area contributed by atoms with E-state index in [2.05, 4.69) is 198 Å². The number of aliphatic hydroxyl groups is 1. The normalized spacial score (nSPS) is 12.0. The molecule has 1 aliphatic heterocycles. The van der Waals surface area contributed by atoms with Crippen molar-refractivity contribution in [2.24, 2.45) is 10.2 Å². The number of ketones is 3. The van der Waals surface area contributed by atoms with E-state index in [4.69, 9.17) is 9.15 Å². The Morgan fingerprint density at radius 1 is 0.517 bits per heavy atom. The molecule has 1 aromatic heterocycles. The summed E-state index contributed by atoms with van der Waals surface area (Å²) in [4.78, 5) is 71.3. The summed E-state index contributed by atoms with van der Waals surface area (Å²) < 4.78 is 16.4. The molecule has 4 aliphatic rings. The number of fused-ring (bicyclic) bond motifs is 6. The Kier molecular flexibility index (Phi) is 26.4. The van der Waals surface area contributed by atoms with Crippen LogP contribution in [0.1, 0.15) is 167 Å². The number of aliphatic hydroxyl groups excluding tert-OH is 1. The summed E-state index contributed by atoms with van der Waals surface area (Å²) in [6.07, 6.45) is 4.46. The second-order valence-corrected chi connectivity index (χ2v) is 29.8. The standard InChI is InChI=1S/C33H26N2O.C31H26O2.C23H19NO5.C17H18N2O2.CH3/c1-2-23-13-15-24(16-14-23)33-29-19-17-27(34-25-9-5-3-6-10-25)21-31(29)36-32-22-28(18-20-30(32)33)35-26-11-7-4-8-12-26;1-3-21-12-14-23(15-13-21)19-25-17-16-24(18-22-10-8-20(2)9-11-22)28-29(25)31(33)27-7-5-4-6-26(27)30(28)32;1-11(2)12-5-7-17-14(8-12)10-18(25)20(24-17)19-21(26)15-6-4-13(23(28)29-3)9-16(15)22(19)27;1-3-4-17(20)21-16-11-9-15(10-12-16)19-18-14-7-5-13(2)6-8-14;/h3-22,34H,2H2,1H3;4-17H,3,18-19H2,1-2H3;4-11,25,27H,1-3H3;5-12H,3-4H2,1-2H3;1H3/q;;;;-1/p+1. The number of pyridine rings is 1. The van der Waals surface area contributed by atoms with Gasteiger partial charge in [-0.15, -0.1) is 0 Å². The molecular weight excluding hydrogens is 1490 g/mol. The third-order valence-corrected chi connectivity index (χ3v) is 21.1. The largest absolute Gasteiger partial charge is 0.506 e. The first kappa shape index (κ1) is 83.4. The highest BCUT2D eigenvalue weighted by molar-refractivity contribution is 6.39. The minimum Gasteiger partial charge on any atom is -0.506 e. The number of nitrogens with one attached hydrogen (secondary N) is 2. The number of azo groups is 1. The molecule has 15 heteroatoms. The van der Waals surface area contributed by atoms with Gasteiger partial charge in [-0.1, -0.05) is 210 Å². The number of aryl methyl sites for hydroxylation is 4. The van der Waals surface area contributed by atoms with Crippen LogP contribution < -0.4 is 20.4 Å². The summed E-state index contributed by atoms with van der Waals surface area (Å²) in [6.45, 7) is 14.5. The topological polar surface area (TPSA) is 221 Å². The number of allylic oxidation sites excluding steroid dienone is 1. The summed E-state index contributed by atoms with van der Waals surface area (Å²) in [5.74, 6) is -0.182. The number of carbonyl (C=O) groups is 5. The van der Waals surface area contributed by atoms with Crippen LogP contribution in [0.4, 0.5) is 28.4 Å². The van der Waals surface area contributed by atoms with Crippen molar-refractivity contribution in [3.05, 3.63) is 405 Å². The molecule has 12 aromatic carbocycles. The number of Topliss-reactive ketones (excluding diaryl/α,β-unsaturated/α-hetero) is 1. The van der Waals surface area contributed by atoms with Crippen molar-refractivity contribution >= 4 is 90.9 Å². The van der Waals surface area contributed by atoms with Gasteiger partial charge in [-0.3, -0.25) is 19.2 Å². The van der Waals surface area contributed by atoms with Crippen molar-refractivity contribution in [2.75, 3.05) is 12.4 Å². The Morgan fingerprint density at radius 2 is 1.07 bits per heavy atom. The third-order valence-electron chi connectivity index (χ3n) is 21.1. The highest BCUT2D eigenvalue weighted by atomic mass is 16.5. The van der Waals surface area contributed by atoms with Gasteiger partial charge in [0, 0.05) is 97.3 Å². The predicted octanol–water partition coefficient (Wildman–Crippen LogP) is 23.4. The van der Waals surface area contributed by atoms with Crippen LogP contribution in [-0.2, 0) is 35.2 Å². The number of hydrogen-bond donors (Lipinski definition) is 4. The molecular formula is C105H93N5O10. The van der Waals surface area contributed by atoms with Crippen LogP contribution in [0, 0.1) is 21.3 Å². The lowest BCUT2D eigenvalue weighted by Gasteiger charge is -2.23. The monoisotopic (exact) mass is 1580 g/mol. The zero-order valence-electron chi connectivity index (χ0n) is 68.6. The van der Waals surface area contributed by atoms with E-state index in [9.17, 15) is 34.2 Å². The van der Waals surface area contributed by atoms with Gasteiger partial charge in [-0.05, 0) is 200 Å². The number of anilines is 2. The van der Waals surface area contributed by atoms with Gasteiger partial charge in [0.05, 0.1) is 41.2 Å². The minimum atomic E-state index is -0.575. The van der Waals surface area contributed by atoms with Crippen molar-refractivity contribution < 1.29 is 53.1 Å². The van der Waals surface area contributed by atoms with E-state index < -0.39 is 11.8 Å². The van der Waals surface area contributed by atoms with E-state index >= 15 is 0 Å². The third kappa shape index (κ3) is 19.2. The van der Waals surface area contributed by atoms with Gasteiger partial charge in [0.15, 0.2) is 17.3 Å². The number of methoxy groups -OCH3 is 1. The Labute approximate surface area is 699 Å². The fraction of sp³-hybridized carbons (Fsp3) is 0.143. The molecule has 0 amide bonds. The number of aromatic nitrogens is 1. The zero-order chi connectivity index (χ0) is 83.2. The van der Waals surface area contributed by atoms with Crippen LogP contribution in [-0.4, -0.2) is 51.6 Å². The van der Waals surface area contributed by atoms with E-state index in [1.807, 2.05) is 117 Å². The van der Waals surface area contributed by atoms with Crippen LogP contribution in [0.3, 0.4) is 0 Å². The number of nitrogens with zero attached hydrogens (tertiary/aromatic N) is 3. The number of aromatic hydroxyl groups is 1. The van der Waals surface area contributed by atoms with Gasteiger partial charge in [-0.25, -0.2) is 14.8 Å². The number of para-hydroxylation sites is 2. The summed E-state index contributed by atoms with van der Waals surface area (Å²) in [5, 5.41) is 35.9. The molecule has 0 fully saturated rings. The Balaban J connectivity index is 0.000000140. The van der Waals surface area contributed by atoms with Crippen LogP contribution in [0.25, 0.3) is 55.7 Å². The van der Waals surface area contributed by atoms with Gasteiger partial charge in [0.2, 0.25) is 11.0 Å². The highest BCUT2D eigenvalue weighted by Gasteiger charge is 2.36. The minimum absolute atomic E-state index is 0. The van der Waals surface area contributed by atoms with E-state index in [0.29, 0.717) is 64.4 Å². The van der Waals surface area contributed by atoms with Crippen molar-refractivity contribution in [3.63, 3.8) is 0 Å². The molecule has 120 heavy (non-hydrogen) atoms. The second-order valence-electron chi connectivity index (χ2n) is 29.8. The number of benzene rings is 13. The molecule has 3 aliphatic carbocycles. The molecule has 2 heterocycles.